The number of hydrazone groups is 1. The van der Waals surface area contributed by atoms with E-state index >= 15 is 0 Å². The molecule has 0 saturated carbocycles. The molecule has 3 aromatic carbocycles. The van der Waals surface area contributed by atoms with E-state index in [0.29, 0.717) is 10.6 Å². The van der Waals surface area contributed by atoms with Crippen molar-refractivity contribution < 1.29 is 9.90 Å². The van der Waals surface area contributed by atoms with Crippen LogP contribution in [0, 0.1) is 0 Å². The summed E-state index contributed by atoms with van der Waals surface area (Å²) >= 11 is 5.87. The molecule has 0 aliphatic rings. The van der Waals surface area contributed by atoms with E-state index in [-0.39, 0.29) is 11.7 Å². The molecule has 0 aromatic heterocycles. The number of rotatable bonds is 5. The Labute approximate surface area is 156 Å². The number of phenols is 1. The molecular weight excluding hydrogens is 350 g/mol. The highest BCUT2D eigenvalue weighted by Crippen LogP contribution is 2.20. The standard InChI is InChI=1S/C20H18ClN3O2/c1-13(23-18-8-6-14-4-2-3-5-15(14)11-18)20(26)24-22-12-16-10-17(21)7-9-19(16)25/h2-13,23,25H,1H3,(H,24,26)/b22-12+/t13-/m0/s1. The van der Waals surface area contributed by atoms with E-state index in [4.69, 9.17) is 11.6 Å². The van der Waals surface area contributed by atoms with E-state index < -0.39 is 6.04 Å². The monoisotopic (exact) mass is 367 g/mol. The lowest BCUT2D eigenvalue weighted by atomic mass is 10.1. The van der Waals surface area contributed by atoms with Crippen LogP contribution in [0.1, 0.15) is 12.5 Å². The van der Waals surface area contributed by atoms with Gasteiger partial charge in [-0.3, -0.25) is 4.79 Å². The van der Waals surface area contributed by atoms with E-state index in [1.54, 1.807) is 19.1 Å². The Morgan fingerprint density at radius 1 is 1.12 bits per heavy atom. The summed E-state index contributed by atoms with van der Waals surface area (Å²) in [7, 11) is 0. The number of halogens is 1. The van der Waals surface area contributed by atoms with Crippen LogP contribution >= 0.6 is 11.6 Å². The molecule has 0 radical (unpaired) electrons. The van der Waals surface area contributed by atoms with Crippen LogP contribution in [0.2, 0.25) is 5.02 Å². The van der Waals surface area contributed by atoms with Crippen LogP contribution in [-0.2, 0) is 4.79 Å². The molecule has 0 spiro atoms. The average Bonchev–Trinajstić information content (AvgIpc) is 2.64. The molecule has 1 amide bonds. The maximum Gasteiger partial charge on any atom is 0.262 e. The second-order valence-corrected chi connectivity index (χ2v) is 6.30. The molecule has 3 N–H and O–H groups in total. The van der Waals surface area contributed by atoms with Crippen LogP contribution in [0.3, 0.4) is 0 Å². The molecule has 1 atom stereocenters. The van der Waals surface area contributed by atoms with Crippen molar-refractivity contribution in [2.75, 3.05) is 5.32 Å². The molecule has 3 rings (SSSR count). The van der Waals surface area contributed by atoms with Gasteiger partial charge in [-0.1, -0.05) is 41.9 Å². The number of phenolic OH excluding ortho intramolecular Hbond substituents is 1. The van der Waals surface area contributed by atoms with Gasteiger partial charge >= 0.3 is 0 Å². The van der Waals surface area contributed by atoms with Gasteiger partial charge in [-0.15, -0.1) is 0 Å². The predicted octanol–water partition coefficient (Wildman–Crippen LogP) is 4.15. The van der Waals surface area contributed by atoms with Gasteiger partial charge in [-0.05, 0) is 48.0 Å². The van der Waals surface area contributed by atoms with E-state index in [2.05, 4.69) is 15.8 Å². The summed E-state index contributed by atoms with van der Waals surface area (Å²) in [5.74, 6) is -0.259. The van der Waals surface area contributed by atoms with Crippen molar-refractivity contribution in [3.63, 3.8) is 0 Å². The van der Waals surface area contributed by atoms with Gasteiger partial charge in [0, 0.05) is 16.3 Å². The predicted molar refractivity (Wildman–Crippen MR) is 106 cm³/mol. The molecule has 132 valence electrons. The first-order valence-electron chi connectivity index (χ1n) is 8.10. The number of hydrogen-bond donors (Lipinski definition) is 3. The largest absolute Gasteiger partial charge is 0.507 e. The molecule has 5 nitrogen and oxygen atoms in total. The molecule has 0 unspecified atom stereocenters. The minimum atomic E-state index is -0.485. The van der Waals surface area contributed by atoms with Crippen molar-refractivity contribution in [1.82, 2.24) is 5.43 Å². The number of carbonyl (C=O) groups excluding carboxylic acids is 1. The summed E-state index contributed by atoms with van der Waals surface area (Å²) in [4.78, 5) is 12.2. The maximum atomic E-state index is 12.2. The lowest BCUT2D eigenvalue weighted by Crippen LogP contribution is -2.34. The normalized spacial score (nSPS) is 12.2. The number of anilines is 1. The number of benzene rings is 3. The fraction of sp³-hybridized carbons (Fsp3) is 0.100. The van der Waals surface area contributed by atoms with Crippen LogP contribution in [-0.4, -0.2) is 23.3 Å². The van der Waals surface area contributed by atoms with Crippen molar-refractivity contribution in [1.29, 1.82) is 0 Å². The van der Waals surface area contributed by atoms with Gasteiger partial charge in [0.05, 0.1) is 6.21 Å². The van der Waals surface area contributed by atoms with Gasteiger partial charge in [0.2, 0.25) is 0 Å². The highest BCUT2D eigenvalue weighted by atomic mass is 35.5. The molecule has 26 heavy (non-hydrogen) atoms. The number of carbonyl (C=O) groups is 1. The molecule has 0 aliphatic heterocycles. The molecule has 0 bridgehead atoms. The summed E-state index contributed by atoms with van der Waals surface area (Å²) < 4.78 is 0. The summed E-state index contributed by atoms with van der Waals surface area (Å²) in [6, 6.07) is 18.1. The lowest BCUT2D eigenvalue weighted by Gasteiger charge is -2.14. The van der Waals surface area contributed by atoms with Gasteiger partial charge in [-0.2, -0.15) is 5.10 Å². The molecule has 0 aliphatic carbocycles. The zero-order chi connectivity index (χ0) is 18.5. The van der Waals surface area contributed by atoms with E-state index in [9.17, 15) is 9.90 Å². The van der Waals surface area contributed by atoms with E-state index in [0.717, 1.165) is 16.5 Å². The van der Waals surface area contributed by atoms with Crippen LogP contribution in [0.5, 0.6) is 5.75 Å². The van der Waals surface area contributed by atoms with Crippen LogP contribution in [0.4, 0.5) is 5.69 Å². The number of aromatic hydroxyl groups is 1. The van der Waals surface area contributed by atoms with E-state index in [1.807, 2.05) is 42.5 Å². The molecule has 0 heterocycles. The second kappa shape index (κ2) is 7.89. The summed E-state index contributed by atoms with van der Waals surface area (Å²) in [6.45, 7) is 1.75. The zero-order valence-electron chi connectivity index (χ0n) is 14.1. The van der Waals surface area contributed by atoms with Crippen molar-refractivity contribution in [3.8, 4) is 5.75 Å². The lowest BCUT2D eigenvalue weighted by molar-refractivity contribution is -0.121. The highest BCUT2D eigenvalue weighted by Gasteiger charge is 2.12. The number of amides is 1. The fourth-order valence-corrected chi connectivity index (χ4v) is 2.67. The first-order valence-corrected chi connectivity index (χ1v) is 8.47. The van der Waals surface area contributed by atoms with Crippen molar-refractivity contribution in [3.05, 3.63) is 71.2 Å². The topological polar surface area (TPSA) is 73.7 Å². The fourth-order valence-electron chi connectivity index (χ4n) is 2.49. The zero-order valence-corrected chi connectivity index (χ0v) is 14.9. The second-order valence-electron chi connectivity index (χ2n) is 5.87. The molecule has 0 saturated heterocycles. The molecular formula is C20H18ClN3O2. The Morgan fingerprint density at radius 3 is 2.69 bits per heavy atom. The minimum absolute atomic E-state index is 0.0368. The van der Waals surface area contributed by atoms with Crippen LogP contribution in [0.15, 0.2) is 65.8 Å². The van der Waals surface area contributed by atoms with Crippen molar-refractivity contribution >= 4 is 40.2 Å². The third-order valence-electron chi connectivity index (χ3n) is 3.89. The first-order chi connectivity index (χ1) is 12.5. The van der Waals surface area contributed by atoms with Crippen LogP contribution < -0.4 is 10.7 Å². The van der Waals surface area contributed by atoms with E-state index in [1.165, 1.54) is 12.3 Å². The minimum Gasteiger partial charge on any atom is -0.507 e. The van der Waals surface area contributed by atoms with Crippen molar-refractivity contribution in [2.45, 2.75) is 13.0 Å². The first kappa shape index (κ1) is 17.8. The van der Waals surface area contributed by atoms with Gasteiger partial charge in [0.25, 0.3) is 5.91 Å². The smallest absolute Gasteiger partial charge is 0.262 e. The van der Waals surface area contributed by atoms with Gasteiger partial charge in [0.15, 0.2) is 0 Å². The Bertz CT molecular complexity index is 972. The number of nitrogens with one attached hydrogen (secondary N) is 2. The summed E-state index contributed by atoms with van der Waals surface area (Å²) in [5.41, 5.74) is 3.72. The number of fused-ring (bicyclic) bond motifs is 1. The summed E-state index contributed by atoms with van der Waals surface area (Å²) in [5, 5.41) is 19.4. The van der Waals surface area contributed by atoms with Crippen molar-refractivity contribution in [2.24, 2.45) is 5.10 Å². The van der Waals surface area contributed by atoms with Gasteiger partial charge < -0.3 is 10.4 Å². The Hall–Kier alpha value is -3.05. The van der Waals surface area contributed by atoms with Gasteiger partial charge in [0.1, 0.15) is 11.8 Å². The van der Waals surface area contributed by atoms with Gasteiger partial charge in [-0.25, -0.2) is 5.43 Å². The Morgan fingerprint density at radius 2 is 1.88 bits per heavy atom. The summed E-state index contributed by atoms with van der Waals surface area (Å²) in [6.07, 6.45) is 1.35. The quantitative estimate of drug-likeness (QED) is 0.468. The molecule has 3 aromatic rings. The SMILES string of the molecule is C[C@H](Nc1ccc2ccccc2c1)C(=O)N/N=C/c1cc(Cl)ccc1O. The molecule has 0 fully saturated rings. The molecule has 6 heteroatoms. The van der Waals surface area contributed by atoms with Crippen LogP contribution in [0.25, 0.3) is 10.8 Å². The third kappa shape index (κ3) is 4.32. The third-order valence-corrected chi connectivity index (χ3v) is 4.13. The average molecular weight is 368 g/mol. The Kier molecular flexibility index (Phi) is 5.39. The Balaban J connectivity index is 1.61. The maximum absolute atomic E-state index is 12.2. The number of nitrogens with zero attached hydrogens (tertiary/aromatic N) is 1. The highest BCUT2D eigenvalue weighted by molar-refractivity contribution is 6.30. The number of hydrogen-bond acceptors (Lipinski definition) is 4.